The molecule has 0 saturated carbocycles. The van der Waals surface area contributed by atoms with Gasteiger partial charge >= 0.3 is 0 Å². The Labute approximate surface area is 108 Å². The van der Waals surface area contributed by atoms with E-state index in [9.17, 15) is 10.4 Å². The number of hydrogen-bond donors (Lipinski definition) is 2. The molecular formula is C14H19N3O. The van der Waals surface area contributed by atoms with E-state index in [2.05, 4.69) is 11.0 Å². The number of nitrogens with zero attached hydrogens (tertiary/aromatic N) is 2. The number of anilines is 1. The van der Waals surface area contributed by atoms with Gasteiger partial charge in [-0.1, -0.05) is 6.07 Å². The molecule has 0 aliphatic carbocycles. The van der Waals surface area contributed by atoms with Crippen LogP contribution in [0.1, 0.15) is 30.9 Å². The van der Waals surface area contributed by atoms with Crippen LogP contribution >= 0.6 is 0 Å². The molecule has 1 heterocycles. The van der Waals surface area contributed by atoms with E-state index in [4.69, 9.17) is 5.73 Å². The first-order valence-electron chi connectivity index (χ1n) is 6.26. The van der Waals surface area contributed by atoms with Gasteiger partial charge < -0.3 is 15.7 Å². The zero-order chi connectivity index (χ0) is 13.2. The maximum absolute atomic E-state index is 10.1. The molecular weight excluding hydrogens is 226 g/mol. The molecule has 2 rings (SSSR count). The van der Waals surface area contributed by atoms with Gasteiger partial charge in [0.05, 0.1) is 16.9 Å². The van der Waals surface area contributed by atoms with Crippen molar-refractivity contribution in [3.8, 4) is 6.07 Å². The summed E-state index contributed by atoms with van der Waals surface area (Å²) in [4.78, 5) is 2.09. The average molecular weight is 245 g/mol. The third-order valence-corrected chi connectivity index (χ3v) is 3.43. The maximum Gasteiger partial charge on any atom is 0.101 e. The average Bonchev–Trinajstić information content (AvgIpc) is 2.36. The molecule has 0 aromatic heterocycles. The monoisotopic (exact) mass is 245 g/mol. The summed E-state index contributed by atoms with van der Waals surface area (Å²) < 4.78 is 0. The van der Waals surface area contributed by atoms with E-state index in [0.717, 1.165) is 30.6 Å². The normalized spacial score (nSPS) is 23.8. The lowest BCUT2D eigenvalue weighted by molar-refractivity contribution is 0.0449. The fraction of sp³-hybridized carbons (Fsp3) is 0.500. The molecule has 1 saturated heterocycles. The highest BCUT2D eigenvalue weighted by Crippen LogP contribution is 2.28. The van der Waals surface area contributed by atoms with Crippen LogP contribution in [0, 0.1) is 11.3 Å². The van der Waals surface area contributed by atoms with Crippen LogP contribution in [0.3, 0.4) is 0 Å². The molecule has 1 aliphatic heterocycles. The van der Waals surface area contributed by atoms with Gasteiger partial charge in [-0.15, -0.1) is 0 Å². The minimum absolute atomic E-state index is 0.437. The quantitative estimate of drug-likeness (QED) is 0.825. The minimum atomic E-state index is -0.669. The number of nitriles is 1. The second-order valence-corrected chi connectivity index (χ2v) is 5.19. The lowest BCUT2D eigenvalue weighted by atomic mass is 9.94. The number of hydrogen-bond acceptors (Lipinski definition) is 4. The highest BCUT2D eigenvalue weighted by Gasteiger charge is 2.29. The smallest absolute Gasteiger partial charge is 0.101 e. The predicted molar refractivity (Wildman–Crippen MR) is 71.1 cm³/mol. The molecule has 3 N–H and O–H groups in total. The Hall–Kier alpha value is -1.57. The Kier molecular flexibility index (Phi) is 3.55. The zero-order valence-corrected chi connectivity index (χ0v) is 10.7. The van der Waals surface area contributed by atoms with Crippen molar-refractivity contribution in [1.29, 1.82) is 5.26 Å². The number of nitrogens with two attached hydrogens (primary N) is 1. The Morgan fingerprint density at radius 3 is 2.94 bits per heavy atom. The van der Waals surface area contributed by atoms with Crippen molar-refractivity contribution >= 4 is 5.69 Å². The van der Waals surface area contributed by atoms with Gasteiger partial charge in [0.2, 0.25) is 0 Å². The van der Waals surface area contributed by atoms with Crippen LogP contribution < -0.4 is 10.6 Å². The van der Waals surface area contributed by atoms with Crippen molar-refractivity contribution in [1.82, 2.24) is 0 Å². The molecule has 1 aromatic carbocycles. The molecule has 1 aromatic rings. The molecule has 1 unspecified atom stereocenters. The first kappa shape index (κ1) is 12.9. The van der Waals surface area contributed by atoms with Crippen molar-refractivity contribution in [2.75, 3.05) is 18.0 Å². The van der Waals surface area contributed by atoms with Gasteiger partial charge in [-0.3, -0.25) is 0 Å². The van der Waals surface area contributed by atoms with Crippen LogP contribution in [0.25, 0.3) is 0 Å². The molecule has 0 amide bonds. The summed E-state index contributed by atoms with van der Waals surface area (Å²) in [6, 6.07) is 7.92. The first-order chi connectivity index (χ1) is 8.55. The maximum atomic E-state index is 10.1. The van der Waals surface area contributed by atoms with Crippen molar-refractivity contribution in [3.05, 3.63) is 29.3 Å². The summed E-state index contributed by atoms with van der Waals surface area (Å²) in [7, 11) is 0. The minimum Gasteiger partial charge on any atom is -0.388 e. The van der Waals surface area contributed by atoms with E-state index in [1.807, 2.05) is 25.1 Å². The van der Waals surface area contributed by atoms with Crippen LogP contribution in [0.2, 0.25) is 0 Å². The second-order valence-electron chi connectivity index (χ2n) is 5.19. The number of β-amino-alcohol motifs (C(OH)–C–C–N with tert-alkyl or cyclic N) is 1. The lowest BCUT2D eigenvalue weighted by Gasteiger charge is -2.38. The van der Waals surface area contributed by atoms with Gasteiger partial charge in [0.1, 0.15) is 6.07 Å². The predicted octanol–water partition coefficient (Wildman–Crippen LogP) is 1.37. The number of aliphatic hydroxyl groups is 1. The highest BCUT2D eigenvalue weighted by atomic mass is 16.3. The van der Waals surface area contributed by atoms with E-state index < -0.39 is 5.60 Å². The standard InChI is InChI=1S/C14H19N3O/c1-14(18)5-2-6-17(10-14)13-4-3-11(8-15)7-12(13)9-16/h3-4,7,18H,2,5-6,8,10,15H2,1H3. The van der Waals surface area contributed by atoms with E-state index in [1.165, 1.54) is 0 Å². The van der Waals surface area contributed by atoms with Gasteiger partial charge in [0.15, 0.2) is 0 Å². The molecule has 1 aliphatic rings. The molecule has 0 spiro atoms. The molecule has 4 nitrogen and oxygen atoms in total. The summed E-state index contributed by atoms with van der Waals surface area (Å²) in [6.07, 6.45) is 1.75. The number of piperidine rings is 1. The largest absolute Gasteiger partial charge is 0.388 e. The van der Waals surface area contributed by atoms with Crippen molar-refractivity contribution in [3.63, 3.8) is 0 Å². The van der Waals surface area contributed by atoms with Crippen LogP contribution in [0.15, 0.2) is 18.2 Å². The van der Waals surface area contributed by atoms with Gasteiger partial charge in [-0.25, -0.2) is 0 Å². The van der Waals surface area contributed by atoms with Crippen molar-refractivity contribution in [2.24, 2.45) is 5.73 Å². The van der Waals surface area contributed by atoms with Crippen LogP contribution in [-0.2, 0) is 6.54 Å². The van der Waals surface area contributed by atoms with E-state index in [-0.39, 0.29) is 0 Å². The zero-order valence-electron chi connectivity index (χ0n) is 10.7. The molecule has 96 valence electrons. The summed E-state index contributed by atoms with van der Waals surface area (Å²) >= 11 is 0. The van der Waals surface area contributed by atoms with E-state index in [1.54, 1.807) is 0 Å². The highest BCUT2D eigenvalue weighted by molar-refractivity contribution is 5.61. The Morgan fingerprint density at radius 1 is 1.56 bits per heavy atom. The molecule has 18 heavy (non-hydrogen) atoms. The lowest BCUT2D eigenvalue weighted by Crippen LogP contribution is -2.46. The summed E-state index contributed by atoms with van der Waals surface area (Å²) in [5, 5.41) is 19.3. The topological polar surface area (TPSA) is 73.3 Å². The number of benzene rings is 1. The summed E-state index contributed by atoms with van der Waals surface area (Å²) in [5.74, 6) is 0. The van der Waals surface area contributed by atoms with Gasteiger partial charge in [0, 0.05) is 19.6 Å². The van der Waals surface area contributed by atoms with E-state index in [0.29, 0.717) is 18.7 Å². The van der Waals surface area contributed by atoms with Crippen LogP contribution in [0.5, 0.6) is 0 Å². The van der Waals surface area contributed by atoms with Crippen molar-refractivity contribution in [2.45, 2.75) is 31.9 Å². The van der Waals surface area contributed by atoms with Gasteiger partial charge in [0.25, 0.3) is 0 Å². The second kappa shape index (κ2) is 4.97. The van der Waals surface area contributed by atoms with Gasteiger partial charge in [-0.05, 0) is 37.5 Å². The third kappa shape index (κ3) is 2.63. The Balaban J connectivity index is 2.30. The van der Waals surface area contributed by atoms with Crippen LogP contribution in [-0.4, -0.2) is 23.8 Å². The Morgan fingerprint density at radius 2 is 2.33 bits per heavy atom. The van der Waals surface area contributed by atoms with Crippen LogP contribution in [0.4, 0.5) is 5.69 Å². The fourth-order valence-electron chi connectivity index (χ4n) is 2.50. The fourth-order valence-corrected chi connectivity index (χ4v) is 2.50. The summed E-state index contributed by atoms with van der Waals surface area (Å²) in [6.45, 7) is 3.74. The molecule has 1 atom stereocenters. The van der Waals surface area contributed by atoms with Crippen molar-refractivity contribution < 1.29 is 5.11 Å². The first-order valence-corrected chi connectivity index (χ1v) is 6.26. The summed E-state index contributed by atoms with van der Waals surface area (Å²) in [5.41, 5.74) is 7.40. The molecule has 1 fully saturated rings. The van der Waals surface area contributed by atoms with Gasteiger partial charge in [-0.2, -0.15) is 5.26 Å². The molecule has 0 radical (unpaired) electrons. The SMILES string of the molecule is CC1(O)CCCN(c2ccc(CN)cc2C#N)C1. The molecule has 0 bridgehead atoms. The van der Waals surface area contributed by atoms with E-state index >= 15 is 0 Å². The molecule has 4 heteroatoms. The Bertz CT molecular complexity index is 476. The third-order valence-electron chi connectivity index (χ3n) is 3.43. The number of rotatable bonds is 2.